The van der Waals surface area contributed by atoms with Gasteiger partial charge >= 0.3 is 0 Å². The normalized spacial score (nSPS) is 10.2. The molecule has 0 heterocycles. The number of hydrogen-bond acceptors (Lipinski definition) is 3. The van der Waals surface area contributed by atoms with E-state index in [-0.39, 0.29) is 18.4 Å². The molecule has 112 valence electrons. The molecular formula is C14H28N2O3. The van der Waals surface area contributed by atoms with Gasteiger partial charge < -0.3 is 15.7 Å². The Balaban J connectivity index is 3.32. The average Bonchev–Trinajstić information content (AvgIpc) is 2.40. The second kappa shape index (κ2) is 13.3. The fourth-order valence-corrected chi connectivity index (χ4v) is 1.67. The van der Waals surface area contributed by atoms with Crippen molar-refractivity contribution < 1.29 is 14.7 Å². The van der Waals surface area contributed by atoms with E-state index < -0.39 is 0 Å². The summed E-state index contributed by atoms with van der Waals surface area (Å²) in [6, 6.07) is 0. The van der Waals surface area contributed by atoms with E-state index in [0.717, 1.165) is 32.1 Å². The van der Waals surface area contributed by atoms with Gasteiger partial charge in [-0.15, -0.1) is 0 Å². The lowest BCUT2D eigenvalue weighted by Crippen LogP contribution is -2.26. The zero-order valence-electron chi connectivity index (χ0n) is 12.0. The van der Waals surface area contributed by atoms with E-state index in [0.29, 0.717) is 32.4 Å². The first-order valence-corrected chi connectivity index (χ1v) is 7.35. The van der Waals surface area contributed by atoms with Gasteiger partial charge in [0.1, 0.15) is 0 Å². The largest absolute Gasteiger partial charge is 0.396 e. The molecule has 5 nitrogen and oxygen atoms in total. The Hall–Kier alpha value is -1.10. The van der Waals surface area contributed by atoms with Crippen LogP contribution >= 0.6 is 0 Å². The maximum Gasteiger partial charge on any atom is 0.220 e. The number of aliphatic hydroxyl groups excluding tert-OH is 1. The predicted octanol–water partition coefficient (Wildman–Crippen LogP) is 1.35. The summed E-state index contributed by atoms with van der Waals surface area (Å²) in [6.45, 7) is 3.64. The SMILES string of the molecule is CCCNC(=O)CCCC(=O)NCCCCCCO. The lowest BCUT2D eigenvalue weighted by Gasteiger charge is -2.05. The van der Waals surface area contributed by atoms with Crippen LogP contribution in [-0.4, -0.2) is 36.6 Å². The molecule has 19 heavy (non-hydrogen) atoms. The number of rotatable bonds is 12. The molecule has 2 amide bonds. The molecule has 0 atom stereocenters. The van der Waals surface area contributed by atoms with Gasteiger partial charge in [0.2, 0.25) is 11.8 Å². The molecule has 0 bridgehead atoms. The summed E-state index contributed by atoms with van der Waals surface area (Å²) in [5, 5.41) is 14.2. The molecule has 0 aliphatic heterocycles. The van der Waals surface area contributed by atoms with Gasteiger partial charge in [-0.25, -0.2) is 0 Å². The Morgan fingerprint density at radius 2 is 1.42 bits per heavy atom. The molecular weight excluding hydrogens is 244 g/mol. The Morgan fingerprint density at radius 3 is 2.00 bits per heavy atom. The maximum atomic E-state index is 11.4. The summed E-state index contributed by atoms with van der Waals surface area (Å²) < 4.78 is 0. The van der Waals surface area contributed by atoms with Crippen LogP contribution < -0.4 is 10.6 Å². The highest BCUT2D eigenvalue weighted by atomic mass is 16.2. The lowest BCUT2D eigenvalue weighted by molar-refractivity contribution is -0.122. The van der Waals surface area contributed by atoms with Crippen molar-refractivity contribution in [2.24, 2.45) is 0 Å². The van der Waals surface area contributed by atoms with Crippen molar-refractivity contribution in [3.63, 3.8) is 0 Å². The summed E-state index contributed by atoms with van der Waals surface area (Å²) in [4.78, 5) is 22.7. The Bertz CT molecular complexity index is 245. The van der Waals surface area contributed by atoms with Crippen LogP contribution in [0.4, 0.5) is 0 Å². The van der Waals surface area contributed by atoms with Gasteiger partial charge in [-0.2, -0.15) is 0 Å². The smallest absolute Gasteiger partial charge is 0.220 e. The summed E-state index contributed by atoms with van der Waals surface area (Å²) in [5.74, 6) is 0.0455. The highest BCUT2D eigenvalue weighted by Crippen LogP contribution is 1.99. The van der Waals surface area contributed by atoms with Crippen molar-refractivity contribution in [3.8, 4) is 0 Å². The first-order chi connectivity index (χ1) is 9.20. The van der Waals surface area contributed by atoms with Gasteiger partial charge in [0.25, 0.3) is 0 Å². The number of carbonyl (C=O) groups excluding carboxylic acids is 2. The molecule has 3 N–H and O–H groups in total. The minimum absolute atomic E-state index is 0.0189. The molecule has 0 radical (unpaired) electrons. The molecule has 0 aromatic rings. The highest BCUT2D eigenvalue weighted by Gasteiger charge is 2.04. The predicted molar refractivity (Wildman–Crippen MR) is 75.7 cm³/mol. The third-order valence-corrected chi connectivity index (χ3v) is 2.79. The molecule has 0 aromatic carbocycles. The van der Waals surface area contributed by atoms with Gasteiger partial charge in [0.15, 0.2) is 0 Å². The lowest BCUT2D eigenvalue weighted by atomic mass is 10.2. The molecule has 0 unspecified atom stereocenters. The van der Waals surface area contributed by atoms with Crippen LogP contribution in [0.5, 0.6) is 0 Å². The fourth-order valence-electron chi connectivity index (χ4n) is 1.67. The van der Waals surface area contributed by atoms with Gasteiger partial charge in [0, 0.05) is 32.5 Å². The summed E-state index contributed by atoms with van der Waals surface area (Å²) in [5.41, 5.74) is 0. The van der Waals surface area contributed by atoms with Crippen LogP contribution in [0.25, 0.3) is 0 Å². The first-order valence-electron chi connectivity index (χ1n) is 7.35. The minimum atomic E-state index is 0.0189. The topological polar surface area (TPSA) is 78.4 Å². The second-order valence-corrected chi connectivity index (χ2v) is 4.69. The molecule has 0 aliphatic rings. The zero-order valence-corrected chi connectivity index (χ0v) is 12.0. The van der Waals surface area contributed by atoms with Crippen LogP contribution in [0.1, 0.15) is 58.3 Å². The number of nitrogens with one attached hydrogen (secondary N) is 2. The Labute approximate surface area is 116 Å². The quantitative estimate of drug-likeness (QED) is 0.469. The Kier molecular flexibility index (Phi) is 12.6. The monoisotopic (exact) mass is 272 g/mol. The van der Waals surface area contributed by atoms with Crippen molar-refractivity contribution in [1.82, 2.24) is 10.6 Å². The minimum Gasteiger partial charge on any atom is -0.396 e. The fraction of sp³-hybridized carbons (Fsp3) is 0.857. The van der Waals surface area contributed by atoms with Crippen LogP contribution in [0.2, 0.25) is 0 Å². The van der Waals surface area contributed by atoms with Crippen molar-refractivity contribution in [1.29, 1.82) is 0 Å². The van der Waals surface area contributed by atoms with Crippen molar-refractivity contribution in [2.75, 3.05) is 19.7 Å². The van der Waals surface area contributed by atoms with Crippen molar-refractivity contribution >= 4 is 11.8 Å². The maximum absolute atomic E-state index is 11.4. The molecule has 0 aliphatic carbocycles. The number of carbonyl (C=O) groups is 2. The standard InChI is InChI=1S/C14H28N2O3/c1-2-10-15-13(18)8-7-9-14(19)16-11-5-3-4-6-12-17/h17H,2-12H2,1H3,(H,15,18)(H,16,19). The molecule has 0 spiro atoms. The van der Waals surface area contributed by atoms with Gasteiger partial charge in [-0.05, 0) is 25.7 Å². The molecule has 0 rings (SSSR count). The number of aliphatic hydroxyl groups is 1. The summed E-state index contributed by atoms with van der Waals surface area (Å²) >= 11 is 0. The molecule has 0 fully saturated rings. The number of unbranched alkanes of at least 4 members (excludes halogenated alkanes) is 3. The van der Waals surface area contributed by atoms with E-state index in [4.69, 9.17) is 5.11 Å². The molecule has 0 saturated carbocycles. The average molecular weight is 272 g/mol. The third kappa shape index (κ3) is 13.1. The van der Waals surface area contributed by atoms with E-state index in [1.807, 2.05) is 6.92 Å². The molecule has 0 aromatic heterocycles. The van der Waals surface area contributed by atoms with Gasteiger partial charge in [0.05, 0.1) is 0 Å². The van der Waals surface area contributed by atoms with Gasteiger partial charge in [-0.1, -0.05) is 19.8 Å². The van der Waals surface area contributed by atoms with Crippen LogP contribution in [0.3, 0.4) is 0 Å². The summed E-state index contributed by atoms with van der Waals surface area (Å²) in [6.07, 6.45) is 6.18. The first kappa shape index (κ1) is 17.9. The molecule has 0 saturated heterocycles. The zero-order chi connectivity index (χ0) is 14.3. The van der Waals surface area contributed by atoms with Crippen LogP contribution in [-0.2, 0) is 9.59 Å². The van der Waals surface area contributed by atoms with Gasteiger partial charge in [-0.3, -0.25) is 9.59 Å². The van der Waals surface area contributed by atoms with E-state index in [2.05, 4.69) is 10.6 Å². The van der Waals surface area contributed by atoms with E-state index >= 15 is 0 Å². The highest BCUT2D eigenvalue weighted by molar-refractivity contribution is 5.78. The Morgan fingerprint density at radius 1 is 0.842 bits per heavy atom. The van der Waals surface area contributed by atoms with E-state index in [1.165, 1.54) is 0 Å². The van der Waals surface area contributed by atoms with E-state index in [9.17, 15) is 9.59 Å². The number of amides is 2. The third-order valence-electron chi connectivity index (χ3n) is 2.79. The van der Waals surface area contributed by atoms with E-state index in [1.54, 1.807) is 0 Å². The number of hydrogen-bond donors (Lipinski definition) is 3. The van der Waals surface area contributed by atoms with Crippen LogP contribution in [0, 0.1) is 0 Å². The van der Waals surface area contributed by atoms with Crippen molar-refractivity contribution in [2.45, 2.75) is 58.3 Å². The molecule has 5 heteroatoms. The van der Waals surface area contributed by atoms with Crippen LogP contribution in [0.15, 0.2) is 0 Å². The second-order valence-electron chi connectivity index (χ2n) is 4.69. The summed E-state index contributed by atoms with van der Waals surface area (Å²) in [7, 11) is 0. The van der Waals surface area contributed by atoms with Crippen molar-refractivity contribution in [3.05, 3.63) is 0 Å².